The topological polar surface area (TPSA) is 32.8 Å². The molecule has 0 spiro atoms. The molecule has 0 bridgehead atoms. The quantitative estimate of drug-likeness (QED) is 0.152. The van der Waals surface area contributed by atoms with E-state index in [9.17, 15) is 0 Å². The third-order valence-electron chi connectivity index (χ3n) is 22.4. The van der Waals surface area contributed by atoms with Gasteiger partial charge in [0, 0.05) is 66.3 Å². The van der Waals surface area contributed by atoms with Crippen molar-refractivity contribution in [3.05, 3.63) is 288 Å². The maximum atomic E-state index is 7.67. The third-order valence-corrected chi connectivity index (χ3v) is 22.4. The van der Waals surface area contributed by atoms with Gasteiger partial charge in [0.05, 0.1) is 11.4 Å². The molecule has 0 atom stereocenters. The van der Waals surface area contributed by atoms with Gasteiger partial charge < -0.3 is 18.6 Å². The van der Waals surface area contributed by atoms with E-state index in [1.165, 1.54) is 134 Å². The fourth-order valence-electron chi connectivity index (χ4n) is 17.9. The number of hydrogen-bond donors (Lipinski definition) is 0. The van der Waals surface area contributed by atoms with Gasteiger partial charge in [0.1, 0.15) is 11.2 Å². The lowest BCUT2D eigenvalue weighted by Gasteiger charge is -2.27. The van der Waals surface area contributed by atoms with Gasteiger partial charge in [-0.15, -0.1) is 0 Å². The Morgan fingerprint density at radius 2 is 0.792 bits per heavy atom. The van der Waals surface area contributed by atoms with Crippen molar-refractivity contribution in [2.24, 2.45) is 0 Å². The Hall–Kier alpha value is -10.7. The summed E-state index contributed by atoms with van der Waals surface area (Å²) in [4.78, 5) is 4.80. The molecule has 464 valence electrons. The molecule has 0 aliphatic heterocycles. The highest BCUT2D eigenvalue weighted by Crippen LogP contribution is 2.57. The first-order valence-corrected chi connectivity index (χ1v) is 34.7. The lowest BCUT2D eigenvalue weighted by Crippen LogP contribution is -2.15. The van der Waals surface area contributed by atoms with Gasteiger partial charge in [0.25, 0.3) is 0 Å². The Kier molecular flexibility index (Phi) is 12.4. The number of hydrogen-bond acceptors (Lipinski definition) is 4. The zero-order valence-electron chi connectivity index (χ0n) is 55.6. The van der Waals surface area contributed by atoms with Crippen LogP contribution in [0.4, 0.5) is 34.1 Å². The van der Waals surface area contributed by atoms with Crippen molar-refractivity contribution in [2.45, 2.75) is 103 Å². The summed E-state index contributed by atoms with van der Waals surface area (Å²) in [5.41, 5.74) is 25.6. The minimum absolute atomic E-state index is 0.0807. The predicted octanol–water partition coefficient (Wildman–Crippen LogP) is 26.7. The van der Waals surface area contributed by atoms with Crippen LogP contribution in [0.3, 0.4) is 0 Å². The molecule has 0 N–H and O–H groups in total. The maximum Gasteiger partial charge on any atom is 0.159 e. The molecule has 2 heterocycles. The normalized spacial score (nSPS) is 14.9. The van der Waals surface area contributed by atoms with Crippen LogP contribution in [0.2, 0.25) is 0 Å². The summed E-state index contributed by atoms with van der Waals surface area (Å²) < 4.78 is 14.7. The van der Waals surface area contributed by atoms with E-state index in [1.807, 2.05) is 0 Å². The zero-order valence-corrected chi connectivity index (χ0v) is 55.6. The first-order valence-electron chi connectivity index (χ1n) is 34.7. The molecule has 0 amide bonds. The molecule has 1 fully saturated rings. The third kappa shape index (κ3) is 8.40. The molecule has 4 nitrogen and oxygen atoms in total. The molecular weight excluding hydrogens is 1170 g/mol. The molecule has 3 aliphatic carbocycles. The number of rotatable bonds is 8. The fraction of sp³-hybridized carbons (Fsp3) is 0.174. The molecule has 19 rings (SSSR count). The van der Waals surface area contributed by atoms with Crippen molar-refractivity contribution in [2.75, 3.05) is 9.80 Å². The van der Waals surface area contributed by atoms with Gasteiger partial charge in [-0.05, 0) is 214 Å². The van der Waals surface area contributed by atoms with Gasteiger partial charge in [-0.25, -0.2) is 0 Å². The minimum Gasteiger partial charge on any atom is -0.454 e. The second-order valence-corrected chi connectivity index (χ2v) is 29.7. The van der Waals surface area contributed by atoms with E-state index in [4.69, 9.17) is 8.83 Å². The van der Waals surface area contributed by atoms with E-state index >= 15 is 0 Å². The van der Waals surface area contributed by atoms with Crippen LogP contribution >= 0.6 is 0 Å². The number of anilines is 6. The maximum absolute atomic E-state index is 7.67. The molecule has 3 aliphatic rings. The van der Waals surface area contributed by atoms with E-state index < -0.39 is 0 Å². The van der Waals surface area contributed by atoms with E-state index in [-0.39, 0.29) is 16.2 Å². The Bertz CT molecular complexity index is 5930. The number of para-hydroxylation sites is 5. The monoisotopic (exact) mass is 1240 g/mol. The zero-order chi connectivity index (χ0) is 64.5. The van der Waals surface area contributed by atoms with Crippen LogP contribution in [0.1, 0.15) is 120 Å². The average molecular weight is 1240 g/mol. The van der Waals surface area contributed by atoms with E-state index in [0.717, 1.165) is 85.5 Å². The van der Waals surface area contributed by atoms with Gasteiger partial charge in [-0.1, -0.05) is 232 Å². The SMILES string of the molecule is CC(C)(C)c1cccc2c1oc1c(N(c3ccccc3)c3ccc4cc5c(cc4c3)C(C)(C)c3c-5ccc4c(-c5ccc6c(oc7c(N(c8ccccc8)c8ccc9cc%10c(cc9c8)C(C)(C)c8c-%10ccc9ccccc89)cccc76)c5C5CCCCC5)cccc34)cccc12. The molecule has 0 radical (unpaired) electrons. The summed E-state index contributed by atoms with van der Waals surface area (Å²) in [5.74, 6) is 0.357. The van der Waals surface area contributed by atoms with Gasteiger partial charge in [0.15, 0.2) is 11.2 Å². The van der Waals surface area contributed by atoms with Crippen LogP contribution in [-0.2, 0) is 16.2 Å². The highest BCUT2D eigenvalue weighted by molar-refractivity contribution is 6.15. The van der Waals surface area contributed by atoms with Crippen molar-refractivity contribution < 1.29 is 8.83 Å². The van der Waals surface area contributed by atoms with Gasteiger partial charge in [-0.2, -0.15) is 0 Å². The Morgan fingerprint density at radius 1 is 0.323 bits per heavy atom. The van der Waals surface area contributed by atoms with Gasteiger partial charge in [0.2, 0.25) is 0 Å². The van der Waals surface area contributed by atoms with Gasteiger partial charge >= 0.3 is 0 Å². The summed E-state index contributed by atoms with van der Waals surface area (Å²) in [7, 11) is 0. The van der Waals surface area contributed by atoms with Crippen molar-refractivity contribution in [1.29, 1.82) is 0 Å². The van der Waals surface area contributed by atoms with Crippen LogP contribution in [0.5, 0.6) is 0 Å². The Balaban J connectivity index is 0.726. The second kappa shape index (κ2) is 20.9. The van der Waals surface area contributed by atoms with Crippen LogP contribution in [0.15, 0.2) is 264 Å². The molecule has 1 saturated carbocycles. The number of benzene rings is 14. The standard InChI is InChI=1S/C92H74N2O2/c1-90(2,3)78-36-20-33-72-73-34-21-37-81(87(73)95-86(72)78)93(61-26-13-9-14-27-61)63-42-40-58-52-77-71-47-45-67-66(31-19-32-69(67)85(71)92(6,7)80(77)54-60(58)50-63)68-46-48-75-74-35-22-38-82(88(74)96-89(75)83(68)56-24-11-8-12-25-56)94(62-28-15-10-16-29-62)64-43-39-57-51-76-70-44-41-55-23-17-18-30-65(55)84(70)91(4,5)79(76)53-59(57)49-64/h9-10,13-23,26-54,56H,8,11-12,24-25H2,1-7H3. The molecule has 0 unspecified atom stereocenters. The van der Waals surface area contributed by atoms with Crippen LogP contribution in [-0.4, -0.2) is 0 Å². The molecule has 2 aromatic heterocycles. The molecule has 0 saturated heterocycles. The first-order chi connectivity index (χ1) is 46.8. The predicted molar refractivity (Wildman–Crippen MR) is 405 cm³/mol. The fourth-order valence-corrected chi connectivity index (χ4v) is 17.9. The molecular formula is C92H74N2O2. The average Bonchev–Trinajstić information content (AvgIpc) is 1.58. The number of nitrogens with zero attached hydrogens (tertiary/aromatic N) is 2. The molecule has 96 heavy (non-hydrogen) atoms. The summed E-state index contributed by atoms with van der Waals surface area (Å²) in [6, 6.07) is 95.7. The second-order valence-electron chi connectivity index (χ2n) is 29.7. The number of furan rings is 2. The smallest absolute Gasteiger partial charge is 0.159 e. The lowest BCUT2D eigenvalue weighted by molar-refractivity contribution is 0.443. The van der Waals surface area contributed by atoms with Crippen molar-refractivity contribution >= 4 is 121 Å². The highest BCUT2D eigenvalue weighted by atomic mass is 16.3. The Labute approximate surface area is 560 Å². The van der Waals surface area contributed by atoms with Crippen LogP contribution in [0, 0.1) is 0 Å². The van der Waals surface area contributed by atoms with E-state index in [0.29, 0.717) is 5.92 Å². The summed E-state index contributed by atoms with van der Waals surface area (Å²) in [6.07, 6.45) is 5.97. The van der Waals surface area contributed by atoms with Crippen LogP contribution < -0.4 is 9.80 Å². The minimum atomic E-state index is -0.296. The van der Waals surface area contributed by atoms with Crippen molar-refractivity contribution in [1.82, 2.24) is 0 Å². The first kappa shape index (κ1) is 56.8. The molecule has 14 aromatic carbocycles. The van der Waals surface area contributed by atoms with Crippen molar-refractivity contribution in [3.8, 4) is 33.4 Å². The highest BCUT2D eigenvalue weighted by Gasteiger charge is 2.40. The van der Waals surface area contributed by atoms with Gasteiger partial charge in [-0.3, -0.25) is 0 Å². The van der Waals surface area contributed by atoms with E-state index in [2.05, 4.69) is 313 Å². The van der Waals surface area contributed by atoms with Crippen LogP contribution in [0.25, 0.3) is 120 Å². The largest absolute Gasteiger partial charge is 0.454 e. The lowest BCUT2D eigenvalue weighted by atomic mass is 9.77. The van der Waals surface area contributed by atoms with E-state index in [1.54, 1.807) is 0 Å². The summed E-state index contributed by atoms with van der Waals surface area (Å²) in [6.45, 7) is 16.5. The molecule has 16 aromatic rings. The number of fused-ring (bicyclic) bond motifs is 18. The Morgan fingerprint density at radius 3 is 1.40 bits per heavy atom. The molecule has 4 heteroatoms. The summed E-state index contributed by atoms with van der Waals surface area (Å²) >= 11 is 0. The summed E-state index contributed by atoms with van der Waals surface area (Å²) in [5, 5.41) is 14.7. The van der Waals surface area contributed by atoms with Crippen molar-refractivity contribution in [3.63, 3.8) is 0 Å².